The van der Waals surface area contributed by atoms with E-state index >= 15 is 0 Å². The number of hydrogen-bond donors (Lipinski definition) is 2. The van der Waals surface area contributed by atoms with E-state index in [0.29, 0.717) is 21.5 Å². The van der Waals surface area contributed by atoms with Gasteiger partial charge in [-0.1, -0.05) is 15.9 Å². The molecular weight excluding hydrogens is 304 g/mol. The lowest BCUT2D eigenvalue weighted by atomic mass is 10.1. The van der Waals surface area contributed by atoms with Gasteiger partial charge in [0.05, 0.1) is 14.2 Å². The Labute approximate surface area is 112 Å². The normalized spacial score (nSPS) is 18.3. The molecule has 3 amide bonds. The van der Waals surface area contributed by atoms with Gasteiger partial charge in [-0.2, -0.15) is 0 Å². The van der Waals surface area contributed by atoms with Crippen molar-refractivity contribution in [1.29, 1.82) is 0 Å². The van der Waals surface area contributed by atoms with Crippen LogP contribution in [0.25, 0.3) is 0 Å². The maximum Gasteiger partial charge on any atom is 0.322 e. The van der Waals surface area contributed by atoms with Crippen molar-refractivity contribution in [3.63, 3.8) is 0 Å². The molecule has 1 heterocycles. The number of imide groups is 1. The summed E-state index contributed by atoms with van der Waals surface area (Å²) in [5.74, 6) is 0.635. The van der Waals surface area contributed by atoms with Gasteiger partial charge in [0.15, 0.2) is 11.5 Å². The molecule has 6 nitrogen and oxygen atoms in total. The van der Waals surface area contributed by atoms with E-state index in [9.17, 15) is 9.59 Å². The smallest absolute Gasteiger partial charge is 0.322 e. The molecule has 0 spiro atoms. The van der Waals surface area contributed by atoms with Crippen LogP contribution in [0.15, 0.2) is 16.6 Å². The SMILES string of the molecule is COc1cc(Br)c(C2NC(=O)NC2=O)cc1OC. The lowest BCUT2D eigenvalue weighted by molar-refractivity contribution is -0.120. The standard InChI is InChI=1S/C11H11BrN2O4/c1-17-7-3-5(6(12)4-8(7)18-2)9-10(15)14-11(16)13-9/h3-4,9H,1-2H3,(H2,13,14,15,16). The molecule has 0 aliphatic carbocycles. The number of rotatable bonds is 3. The van der Waals surface area contributed by atoms with Crippen LogP contribution < -0.4 is 20.1 Å². The van der Waals surface area contributed by atoms with Gasteiger partial charge in [-0.3, -0.25) is 10.1 Å². The van der Waals surface area contributed by atoms with E-state index in [4.69, 9.17) is 9.47 Å². The van der Waals surface area contributed by atoms with Crippen LogP contribution in [0.3, 0.4) is 0 Å². The number of ether oxygens (including phenoxy) is 2. The molecule has 1 aromatic carbocycles. The Hall–Kier alpha value is -1.76. The molecule has 1 aliphatic rings. The molecule has 0 radical (unpaired) electrons. The maximum atomic E-state index is 11.6. The average Bonchev–Trinajstić information content (AvgIpc) is 2.68. The summed E-state index contributed by atoms with van der Waals surface area (Å²) < 4.78 is 11.0. The Kier molecular flexibility index (Phi) is 3.42. The van der Waals surface area contributed by atoms with E-state index in [0.717, 1.165) is 0 Å². The predicted octanol–water partition coefficient (Wildman–Crippen LogP) is 1.35. The average molecular weight is 315 g/mol. The summed E-state index contributed by atoms with van der Waals surface area (Å²) >= 11 is 3.34. The number of halogens is 1. The van der Waals surface area contributed by atoms with Gasteiger partial charge in [0.1, 0.15) is 6.04 Å². The highest BCUT2D eigenvalue weighted by atomic mass is 79.9. The topological polar surface area (TPSA) is 76.7 Å². The highest BCUT2D eigenvalue weighted by Crippen LogP contribution is 2.36. The lowest BCUT2D eigenvalue weighted by Gasteiger charge is -2.14. The van der Waals surface area contributed by atoms with Crippen LogP contribution in [0.1, 0.15) is 11.6 Å². The molecule has 1 unspecified atom stereocenters. The minimum absolute atomic E-state index is 0.395. The molecule has 1 aromatic rings. The van der Waals surface area contributed by atoms with E-state index in [1.54, 1.807) is 12.1 Å². The fraction of sp³-hybridized carbons (Fsp3) is 0.273. The number of methoxy groups -OCH3 is 2. The van der Waals surface area contributed by atoms with Crippen molar-refractivity contribution in [3.8, 4) is 11.5 Å². The first-order chi connectivity index (χ1) is 8.56. The number of benzene rings is 1. The predicted molar refractivity (Wildman–Crippen MR) is 66.7 cm³/mol. The summed E-state index contributed by atoms with van der Waals surface area (Å²) in [5, 5.41) is 4.70. The number of hydrogen-bond acceptors (Lipinski definition) is 4. The van der Waals surface area contributed by atoms with E-state index < -0.39 is 18.0 Å². The third-order valence-electron chi connectivity index (χ3n) is 2.59. The second-order valence-electron chi connectivity index (χ2n) is 3.62. The third kappa shape index (κ3) is 2.13. The number of carbonyl (C=O) groups is 2. The molecule has 0 aromatic heterocycles. The molecule has 1 saturated heterocycles. The van der Waals surface area contributed by atoms with E-state index in [-0.39, 0.29) is 0 Å². The van der Waals surface area contributed by atoms with Crippen LogP contribution in [0.5, 0.6) is 11.5 Å². The van der Waals surface area contributed by atoms with Crippen LogP contribution >= 0.6 is 15.9 Å². The minimum Gasteiger partial charge on any atom is -0.493 e. The molecule has 18 heavy (non-hydrogen) atoms. The molecule has 96 valence electrons. The van der Waals surface area contributed by atoms with E-state index in [1.807, 2.05) is 0 Å². The van der Waals surface area contributed by atoms with Gasteiger partial charge in [-0.25, -0.2) is 4.79 Å². The Morgan fingerprint density at radius 3 is 2.28 bits per heavy atom. The molecule has 0 saturated carbocycles. The fourth-order valence-corrected chi connectivity index (χ4v) is 2.28. The van der Waals surface area contributed by atoms with Crippen molar-refractivity contribution < 1.29 is 19.1 Å². The third-order valence-corrected chi connectivity index (χ3v) is 3.27. The Bertz CT molecular complexity index is 518. The highest BCUT2D eigenvalue weighted by Gasteiger charge is 2.33. The van der Waals surface area contributed by atoms with Gasteiger partial charge in [0.25, 0.3) is 5.91 Å². The van der Waals surface area contributed by atoms with Gasteiger partial charge >= 0.3 is 6.03 Å². The van der Waals surface area contributed by atoms with Crippen molar-refractivity contribution in [1.82, 2.24) is 10.6 Å². The second kappa shape index (κ2) is 4.85. The van der Waals surface area contributed by atoms with Gasteiger partial charge < -0.3 is 14.8 Å². The fourth-order valence-electron chi connectivity index (χ4n) is 1.73. The van der Waals surface area contributed by atoms with Gasteiger partial charge in [0.2, 0.25) is 0 Å². The zero-order valence-corrected chi connectivity index (χ0v) is 11.3. The Morgan fingerprint density at radius 1 is 1.17 bits per heavy atom. The van der Waals surface area contributed by atoms with Crippen LogP contribution in [0.4, 0.5) is 4.79 Å². The van der Waals surface area contributed by atoms with E-state index in [1.165, 1.54) is 14.2 Å². The molecule has 1 aliphatic heterocycles. The molecule has 1 atom stereocenters. The summed E-state index contributed by atoms with van der Waals surface area (Å²) in [5.41, 5.74) is 0.607. The first-order valence-electron chi connectivity index (χ1n) is 5.09. The van der Waals surface area contributed by atoms with Crippen LogP contribution in [-0.2, 0) is 4.79 Å². The molecule has 2 rings (SSSR count). The maximum absolute atomic E-state index is 11.6. The number of carbonyl (C=O) groups excluding carboxylic acids is 2. The molecule has 2 N–H and O–H groups in total. The Morgan fingerprint density at radius 2 is 1.78 bits per heavy atom. The monoisotopic (exact) mass is 314 g/mol. The van der Waals surface area contributed by atoms with Crippen molar-refractivity contribution in [3.05, 3.63) is 22.2 Å². The van der Waals surface area contributed by atoms with Crippen molar-refractivity contribution >= 4 is 27.9 Å². The first-order valence-corrected chi connectivity index (χ1v) is 5.89. The van der Waals surface area contributed by atoms with Crippen molar-refractivity contribution in [2.75, 3.05) is 14.2 Å². The quantitative estimate of drug-likeness (QED) is 0.826. The van der Waals surface area contributed by atoms with Crippen LogP contribution in [-0.4, -0.2) is 26.2 Å². The minimum atomic E-state index is -0.730. The summed E-state index contributed by atoms with van der Waals surface area (Å²) in [6.45, 7) is 0. The first kappa shape index (κ1) is 12.7. The zero-order valence-electron chi connectivity index (χ0n) is 9.74. The van der Waals surface area contributed by atoms with Gasteiger partial charge in [0, 0.05) is 10.0 Å². The van der Waals surface area contributed by atoms with Gasteiger partial charge in [-0.05, 0) is 12.1 Å². The summed E-state index contributed by atoms with van der Waals surface area (Å²) in [6, 6.07) is 2.10. The summed E-state index contributed by atoms with van der Waals surface area (Å²) in [7, 11) is 3.02. The lowest BCUT2D eigenvalue weighted by Crippen LogP contribution is -2.22. The zero-order chi connectivity index (χ0) is 13.3. The van der Waals surface area contributed by atoms with Crippen molar-refractivity contribution in [2.45, 2.75) is 6.04 Å². The summed E-state index contributed by atoms with van der Waals surface area (Å²) in [4.78, 5) is 22.7. The van der Waals surface area contributed by atoms with Crippen LogP contribution in [0.2, 0.25) is 0 Å². The van der Waals surface area contributed by atoms with Crippen molar-refractivity contribution in [2.24, 2.45) is 0 Å². The number of nitrogens with one attached hydrogen (secondary N) is 2. The largest absolute Gasteiger partial charge is 0.493 e. The number of amides is 3. The molecule has 0 bridgehead atoms. The highest BCUT2D eigenvalue weighted by molar-refractivity contribution is 9.10. The number of urea groups is 1. The molecule has 1 fully saturated rings. The Balaban J connectivity index is 2.45. The molecular formula is C11H11BrN2O4. The van der Waals surface area contributed by atoms with E-state index in [2.05, 4.69) is 26.6 Å². The summed E-state index contributed by atoms with van der Waals surface area (Å²) in [6.07, 6.45) is 0. The van der Waals surface area contributed by atoms with Gasteiger partial charge in [-0.15, -0.1) is 0 Å². The second-order valence-corrected chi connectivity index (χ2v) is 4.48. The van der Waals surface area contributed by atoms with Crippen LogP contribution in [0, 0.1) is 0 Å². The molecule has 7 heteroatoms.